The molecule has 0 atom stereocenters. The molecule has 0 bridgehead atoms. The minimum atomic E-state index is 0.274. The van der Waals surface area contributed by atoms with Gasteiger partial charge in [-0.15, -0.1) is 0 Å². The van der Waals surface area contributed by atoms with Crippen molar-refractivity contribution in [3.8, 4) is 22.6 Å². The smallest absolute Gasteiger partial charge is 0.119 e. The van der Waals surface area contributed by atoms with E-state index in [1.165, 1.54) is 0 Å². The fourth-order valence-electron chi connectivity index (χ4n) is 3.52. The zero-order valence-electron chi connectivity index (χ0n) is 13.7. The average Bonchev–Trinajstić information content (AvgIpc) is 2.58. The van der Waals surface area contributed by atoms with Gasteiger partial charge in [0.1, 0.15) is 11.5 Å². The first-order valence-electron chi connectivity index (χ1n) is 8.01. The van der Waals surface area contributed by atoms with Crippen LogP contribution in [0.1, 0.15) is 11.1 Å². The van der Waals surface area contributed by atoms with E-state index in [-0.39, 0.29) is 11.5 Å². The van der Waals surface area contributed by atoms with E-state index in [1.807, 2.05) is 50.2 Å². The maximum atomic E-state index is 10.4. The van der Waals surface area contributed by atoms with Crippen LogP contribution < -0.4 is 0 Å². The van der Waals surface area contributed by atoms with Gasteiger partial charge in [0, 0.05) is 0 Å². The van der Waals surface area contributed by atoms with Crippen LogP contribution in [0.25, 0.3) is 32.7 Å². The lowest BCUT2D eigenvalue weighted by Gasteiger charge is -2.18. The van der Waals surface area contributed by atoms with E-state index in [4.69, 9.17) is 0 Å². The maximum Gasteiger partial charge on any atom is 0.119 e. The molecule has 0 fully saturated rings. The number of phenols is 2. The van der Waals surface area contributed by atoms with Crippen LogP contribution in [0.5, 0.6) is 11.5 Å². The maximum absolute atomic E-state index is 10.4. The molecule has 24 heavy (non-hydrogen) atoms. The van der Waals surface area contributed by atoms with Gasteiger partial charge in [-0.3, -0.25) is 0 Å². The fraction of sp³-hybridized carbons (Fsp3) is 0.0909. The van der Waals surface area contributed by atoms with E-state index >= 15 is 0 Å². The molecule has 0 aromatic heterocycles. The third kappa shape index (κ3) is 2.04. The normalized spacial score (nSPS) is 11.2. The van der Waals surface area contributed by atoms with Gasteiger partial charge in [-0.1, -0.05) is 48.5 Å². The minimum absolute atomic E-state index is 0.274. The van der Waals surface area contributed by atoms with Gasteiger partial charge < -0.3 is 10.2 Å². The Bertz CT molecular complexity index is 1000. The summed E-state index contributed by atoms with van der Waals surface area (Å²) in [6.07, 6.45) is 0. The van der Waals surface area contributed by atoms with Crippen LogP contribution in [0.4, 0.5) is 0 Å². The van der Waals surface area contributed by atoms with Crippen LogP contribution in [0.2, 0.25) is 0 Å². The molecule has 0 unspecified atom stereocenters. The molecule has 0 spiro atoms. The first kappa shape index (κ1) is 14.6. The second-order valence-electron chi connectivity index (χ2n) is 6.23. The lowest BCUT2D eigenvalue weighted by Crippen LogP contribution is -1.93. The number of rotatable bonds is 1. The Balaban J connectivity index is 2.26. The third-order valence-corrected chi connectivity index (χ3v) is 4.81. The summed E-state index contributed by atoms with van der Waals surface area (Å²) in [5.74, 6) is 0.547. The van der Waals surface area contributed by atoms with Crippen LogP contribution in [0, 0.1) is 13.8 Å². The summed E-state index contributed by atoms with van der Waals surface area (Å²) < 4.78 is 0. The van der Waals surface area contributed by atoms with E-state index < -0.39 is 0 Å². The van der Waals surface area contributed by atoms with E-state index in [1.54, 1.807) is 12.1 Å². The number of aromatic hydroxyl groups is 2. The molecule has 4 aromatic rings. The van der Waals surface area contributed by atoms with E-state index in [9.17, 15) is 10.2 Å². The third-order valence-electron chi connectivity index (χ3n) is 4.81. The van der Waals surface area contributed by atoms with E-state index in [0.717, 1.165) is 43.8 Å². The summed E-state index contributed by atoms with van der Waals surface area (Å²) in [6.45, 7) is 3.85. The summed E-state index contributed by atoms with van der Waals surface area (Å²) in [5.41, 5.74) is 3.62. The number of fused-ring (bicyclic) bond motifs is 2. The van der Waals surface area contributed by atoms with Crippen LogP contribution >= 0.6 is 0 Å². The lowest BCUT2D eigenvalue weighted by molar-refractivity contribution is 0.471. The van der Waals surface area contributed by atoms with Crippen molar-refractivity contribution in [3.05, 3.63) is 71.8 Å². The highest BCUT2D eigenvalue weighted by Crippen LogP contribution is 2.43. The SMILES string of the molecule is Cc1c(O)cc2ccccc2c1-c1c(C)c(O)cc2ccccc12. The monoisotopic (exact) mass is 314 g/mol. The van der Waals surface area contributed by atoms with Crippen molar-refractivity contribution in [1.29, 1.82) is 0 Å². The van der Waals surface area contributed by atoms with Crippen LogP contribution in [0.3, 0.4) is 0 Å². The van der Waals surface area contributed by atoms with E-state index in [0.29, 0.717) is 0 Å². The van der Waals surface area contributed by atoms with Crippen LogP contribution in [-0.4, -0.2) is 10.2 Å². The van der Waals surface area contributed by atoms with Crippen LogP contribution in [-0.2, 0) is 0 Å². The quantitative estimate of drug-likeness (QED) is 0.474. The Hall–Kier alpha value is -3.00. The van der Waals surface area contributed by atoms with Gasteiger partial charge in [0.15, 0.2) is 0 Å². The molecule has 4 aromatic carbocycles. The molecule has 0 aliphatic rings. The van der Waals surface area contributed by atoms with Gasteiger partial charge in [0.2, 0.25) is 0 Å². The lowest BCUT2D eigenvalue weighted by atomic mass is 9.87. The van der Waals surface area contributed by atoms with Crippen molar-refractivity contribution < 1.29 is 10.2 Å². The molecule has 0 aliphatic heterocycles. The topological polar surface area (TPSA) is 40.5 Å². The molecule has 0 saturated carbocycles. The Morgan fingerprint density at radius 1 is 0.583 bits per heavy atom. The van der Waals surface area contributed by atoms with Gasteiger partial charge in [0.05, 0.1) is 0 Å². The summed E-state index contributed by atoms with van der Waals surface area (Å²) >= 11 is 0. The van der Waals surface area contributed by atoms with Gasteiger partial charge in [0.25, 0.3) is 0 Å². The van der Waals surface area contributed by atoms with Crippen molar-refractivity contribution in [2.24, 2.45) is 0 Å². The van der Waals surface area contributed by atoms with E-state index in [2.05, 4.69) is 12.1 Å². The highest BCUT2D eigenvalue weighted by molar-refractivity contribution is 6.09. The molecule has 118 valence electrons. The molecule has 0 aliphatic carbocycles. The Morgan fingerprint density at radius 3 is 1.38 bits per heavy atom. The molecule has 2 N–H and O–H groups in total. The molecular weight excluding hydrogens is 296 g/mol. The summed E-state index contributed by atoms with van der Waals surface area (Å²) in [5, 5.41) is 25.0. The highest BCUT2D eigenvalue weighted by atomic mass is 16.3. The zero-order valence-corrected chi connectivity index (χ0v) is 13.7. The summed E-state index contributed by atoms with van der Waals surface area (Å²) in [4.78, 5) is 0. The van der Waals surface area contributed by atoms with Crippen molar-refractivity contribution >= 4 is 21.5 Å². The average molecular weight is 314 g/mol. The molecule has 0 saturated heterocycles. The molecule has 2 nitrogen and oxygen atoms in total. The largest absolute Gasteiger partial charge is 0.508 e. The first-order chi connectivity index (χ1) is 11.6. The van der Waals surface area contributed by atoms with Gasteiger partial charge in [-0.2, -0.15) is 0 Å². The Labute approximate surface area is 140 Å². The summed E-state index contributed by atoms with van der Waals surface area (Å²) in [6, 6.07) is 19.7. The molecular formula is C22H18O2. The van der Waals surface area contributed by atoms with Gasteiger partial charge in [-0.05, 0) is 69.8 Å². The van der Waals surface area contributed by atoms with Crippen LogP contribution in [0.15, 0.2) is 60.7 Å². The second kappa shape index (κ2) is 5.27. The van der Waals surface area contributed by atoms with Gasteiger partial charge >= 0.3 is 0 Å². The fourth-order valence-corrected chi connectivity index (χ4v) is 3.52. The molecule has 0 radical (unpaired) electrons. The molecule has 4 rings (SSSR count). The van der Waals surface area contributed by atoms with Gasteiger partial charge in [-0.25, -0.2) is 0 Å². The Morgan fingerprint density at radius 2 is 0.958 bits per heavy atom. The number of hydrogen-bond acceptors (Lipinski definition) is 2. The molecule has 2 heteroatoms. The molecule has 0 amide bonds. The summed E-state index contributed by atoms with van der Waals surface area (Å²) in [7, 11) is 0. The molecule has 0 heterocycles. The second-order valence-corrected chi connectivity index (χ2v) is 6.23. The standard InChI is InChI=1S/C22H18O2/c1-13-19(23)11-15-7-3-5-9-17(15)21(13)22-14(2)20(24)12-16-8-4-6-10-18(16)22/h3-12,23-24H,1-2H3. The Kier molecular flexibility index (Phi) is 3.20. The van der Waals surface area contributed by atoms with Crippen molar-refractivity contribution in [3.63, 3.8) is 0 Å². The predicted molar refractivity (Wildman–Crippen MR) is 99.7 cm³/mol. The van der Waals surface area contributed by atoms with Crippen molar-refractivity contribution in [1.82, 2.24) is 0 Å². The van der Waals surface area contributed by atoms with Crippen molar-refractivity contribution in [2.45, 2.75) is 13.8 Å². The van der Waals surface area contributed by atoms with Crippen molar-refractivity contribution in [2.75, 3.05) is 0 Å². The number of phenolic OH excluding ortho intramolecular Hbond substituents is 2. The first-order valence-corrected chi connectivity index (χ1v) is 8.01. The predicted octanol–water partition coefficient (Wildman–Crippen LogP) is 5.69. The number of benzene rings is 4. The zero-order chi connectivity index (χ0) is 16.8. The minimum Gasteiger partial charge on any atom is -0.508 e. The number of hydrogen-bond donors (Lipinski definition) is 2. The highest BCUT2D eigenvalue weighted by Gasteiger charge is 2.18.